The van der Waals surface area contributed by atoms with Gasteiger partial charge < -0.3 is 18.5 Å². The maximum atomic E-state index is 5.69. The molecule has 0 heterocycles. The number of benzene rings is 2. The van der Waals surface area contributed by atoms with E-state index in [1.807, 2.05) is 48.6 Å². The molecule has 27 heavy (non-hydrogen) atoms. The molecule has 1 atom stereocenters. The molecule has 0 saturated heterocycles. The number of hydrogen-bond donors (Lipinski definition) is 0. The summed E-state index contributed by atoms with van der Waals surface area (Å²) in [6, 6.07) is 11.6. The summed E-state index contributed by atoms with van der Waals surface area (Å²) in [5.74, 6) is 2.62. The molecule has 2 aromatic rings. The van der Waals surface area contributed by atoms with Gasteiger partial charge in [-0.25, -0.2) is 0 Å². The molecule has 0 radical (unpaired) electrons. The second kappa shape index (κ2) is 11.4. The number of nitrogens with zero attached hydrogens (tertiary/aromatic N) is 1. The molecule has 0 spiro atoms. The minimum absolute atomic E-state index is 0.113. The van der Waals surface area contributed by atoms with E-state index in [1.165, 1.54) is 0 Å². The monoisotopic (exact) mass is 403 g/mol. The normalized spacial score (nSPS) is 10.9. The molecule has 0 N–H and O–H groups in total. The van der Waals surface area contributed by atoms with E-state index in [4.69, 9.17) is 18.5 Å². The minimum atomic E-state index is -0.113. The van der Waals surface area contributed by atoms with E-state index in [9.17, 15) is 0 Å². The standard InChI is InChI=1S/C20H23NO4P2/c1-5-7-15-9-11-17(19(13-15)22-3)24-26-21-27-25-18-12-10-16(8-6-2)14-20(18)23-4/h5-6,9-14,26H,1-2,7-8H2,3-4H3. The first kappa shape index (κ1) is 21.0. The fourth-order valence-electron chi connectivity index (χ4n) is 2.32. The summed E-state index contributed by atoms with van der Waals surface area (Å²) >= 11 is 0. The van der Waals surface area contributed by atoms with Gasteiger partial charge >= 0.3 is 0 Å². The van der Waals surface area contributed by atoms with Crippen LogP contribution in [0.1, 0.15) is 11.1 Å². The van der Waals surface area contributed by atoms with Crippen molar-refractivity contribution < 1.29 is 18.5 Å². The predicted molar refractivity (Wildman–Crippen MR) is 113 cm³/mol. The molecule has 142 valence electrons. The summed E-state index contributed by atoms with van der Waals surface area (Å²) in [6.45, 7) is 7.48. The van der Waals surface area contributed by atoms with Crippen LogP contribution in [0.15, 0.2) is 66.2 Å². The molecule has 0 aliphatic carbocycles. The number of hydrogen-bond acceptors (Lipinski definition) is 5. The first-order chi connectivity index (χ1) is 13.2. The van der Waals surface area contributed by atoms with Crippen LogP contribution in [0.25, 0.3) is 0 Å². The first-order valence-electron chi connectivity index (χ1n) is 8.26. The van der Waals surface area contributed by atoms with Crippen LogP contribution in [-0.2, 0) is 12.8 Å². The molecule has 2 aromatic carbocycles. The molecule has 5 nitrogen and oxygen atoms in total. The fourth-order valence-corrected chi connectivity index (χ4v) is 3.29. The van der Waals surface area contributed by atoms with Crippen LogP contribution >= 0.6 is 17.6 Å². The Bertz CT molecular complexity index is 809. The van der Waals surface area contributed by atoms with Crippen LogP contribution in [-0.4, -0.2) is 14.2 Å². The molecule has 0 amide bonds. The summed E-state index contributed by atoms with van der Waals surface area (Å²) in [5, 5.41) is 0. The van der Waals surface area contributed by atoms with Crippen LogP contribution < -0.4 is 18.5 Å². The highest BCUT2D eigenvalue weighted by Gasteiger charge is 2.06. The van der Waals surface area contributed by atoms with E-state index in [0.717, 1.165) is 24.0 Å². The molecular weight excluding hydrogens is 380 g/mol. The fraction of sp³-hybridized carbons (Fsp3) is 0.200. The van der Waals surface area contributed by atoms with Gasteiger partial charge in [-0.2, -0.15) is 4.52 Å². The number of allylic oxidation sites excluding steroid dienone is 2. The lowest BCUT2D eigenvalue weighted by Crippen LogP contribution is -1.90. The Balaban J connectivity index is 1.93. The second-order valence-corrected chi connectivity index (χ2v) is 6.95. The molecule has 0 bridgehead atoms. The average molecular weight is 403 g/mol. The third-order valence-corrected chi connectivity index (χ3v) is 4.84. The number of ether oxygens (including phenoxy) is 2. The lowest BCUT2D eigenvalue weighted by atomic mass is 10.1. The van der Waals surface area contributed by atoms with Crippen molar-refractivity contribution in [1.82, 2.24) is 0 Å². The number of methoxy groups -OCH3 is 2. The molecule has 7 heteroatoms. The van der Waals surface area contributed by atoms with Gasteiger partial charge in [0.05, 0.1) is 14.2 Å². The van der Waals surface area contributed by atoms with Gasteiger partial charge in [0.25, 0.3) is 0 Å². The maximum absolute atomic E-state index is 5.69. The quantitative estimate of drug-likeness (QED) is 0.332. The van der Waals surface area contributed by atoms with Crippen LogP contribution in [0.2, 0.25) is 0 Å². The minimum Gasteiger partial charge on any atom is -0.493 e. The highest BCUT2D eigenvalue weighted by Crippen LogP contribution is 2.36. The van der Waals surface area contributed by atoms with Crippen molar-refractivity contribution in [3.05, 3.63) is 72.8 Å². The Morgan fingerprint density at radius 3 is 2.00 bits per heavy atom. The van der Waals surface area contributed by atoms with Crippen LogP contribution in [0, 0.1) is 0 Å². The van der Waals surface area contributed by atoms with E-state index in [1.54, 1.807) is 14.2 Å². The molecule has 0 aliphatic heterocycles. The number of rotatable bonds is 11. The molecule has 0 aromatic heterocycles. The zero-order valence-electron chi connectivity index (χ0n) is 15.5. The Morgan fingerprint density at radius 2 is 1.44 bits per heavy atom. The van der Waals surface area contributed by atoms with Crippen molar-refractivity contribution >= 4 is 17.6 Å². The molecule has 2 rings (SSSR count). The van der Waals surface area contributed by atoms with Gasteiger partial charge in [0, 0.05) is 0 Å². The molecular formula is C20H23NO4P2. The summed E-state index contributed by atoms with van der Waals surface area (Å²) < 4.78 is 26.3. The molecule has 0 saturated carbocycles. The van der Waals surface area contributed by atoms with Gasteiger partial charge in [-0.3, -0.25) is 0 Å². The molecule has 0 fully saturated rings. The van der Waals surface area contributed by atoms with Gasteiger partial charge in [-0.1, -0.05) is 24.3 Å². The first-order valence-corrected chi connectivity index (χ1v) is 9.88. The van der Waals surface area contributed by atoms with Gasteiger partial charge in [-0.15, -0.1) is 13.2 Å². The Kier molecular flexibility index (Phi) is 8.83. The third kappa shape index (κ3) is 6.39. The second-order valence-electron chi connectivity index (χ2n) is 5.42. The molecule has 1 unspecified atom stereocenters. The summed E-state index contributed by atoms with van der Waals surface area (Å²) in [7, 11) is 3.55. The smallest absolute Gasteiger partial charge is 0.249 e. The van der Waals surface area contributed by atoms with Crippen molar-refractivity contribution in [2.75, 3.05) is 14.2 Å². The zero-order valence-corrected chi connectivity index (χ0v) is 17.4. The highest BCUT2D eigenvalue weighted by atomic mass is 31.1. The predicted octanol–water partition coefficient (Wildman–Crippen LogP) is 6.17. The van der Waals surface area contributed by atoms with Crippen molar-refractivity contribution in [1.29, 1.82) is 0 Å². The Hall–Kier alpha value is -2.35. The lowest BCUT2D eigenvalue weighted by Gasteiger charge is -2.10. The maximum Gasteiger partial charge on any atom is 0.249 e. The van der Waals surface area contributed by atoms with E-state index >= 15 is 0 Å². The summed E-state index contributed by atoms with van der Waals surface area (Å²) in [5.41, 5.74) is 2.22. The van der Waals surface area contributed by atoms with Gasteiger partial charge in [0.1, 0.15) is 0 Å². The highest BCUT2D eigenvalue weighted by molar-refractivity contribution is 7.39. The zero-order chi connectivity index (χ0) is 19.5. The lowest BCUT2D eigenvalue weighted by molar-refractivity contribution is 0.398. The van der Waals surface area contributed by atoms with Gasteiger partial charge in [0.2, 0.25) is 17.6 Å². The Labute approximate surface area is 163 Å². The van der Waals surface area contributed by atoms with Crippen molar-refractivity contribution in [3.8, 4) is 23.0 Å². The van der Waals surface area contributed by atoms with E-state index in [2.05, 4.69) is 17.7 Å². The van der Waals surface area contributed by atoms with E-state index in [0.29, 0.717) is 31.6 Å². The summed E-state index contributed by atoms with van der Waals surface area (Å²) in [4.78, 5) is 0. The largest absolute Gasteiger partial charge is 0.493 e. The Morgan fingerprint density at radius 1 is 0.889 bits per heavy atom. The van der Waals surface area contributed by atoms with E-state index in [-0.39, 0.29) is 8.96 Å². The third-order valence-electron chi connectivity index (χ3n) is 3.59. The van der Waals surface area contributed by atoms with Crippen molar-refractivity contribution in [3.63, 3.8) is 0 Å². The van der Waals surface area contributed by atoms with Crippen molar-refractivity contribution in [2.24, 2.45) is 4.52 Å². The topological polar surface area (TPSA) is 49.3 Å². The van der Waals surface area contributed by atoms with Gasteiger partial charge in [0.15, 0.2) is 23.0 Å². The van der Waals surface area contributed by atoms with Gasteiger partial charge in [-0.05, 0) is 48.2 Å². The summed E-state index contributed by atoms with van der Waals surface area (Å²) in [6.07, 6.45) is 5.25. The van der Waals surface area contributed by atoms with Crippen LogP contribution in [0.5, 0.6) is 23.0 Å². The SMILES string of the molecule is C=CCc1ccc(OP=NPOc2ccc(CC=C)cc2OC)c(OC)c1. The molecule has 0 aliphatic rings. The van der Waals surface area contributed by atoms with Crippen molar-refractivity contribution in [2.45, 2.75) is 12.8 Å². The van der Waals surface area contributed by atoms with E-state index < -0.39 is 0 Å². The van der Waals surface area contributed by atoms with Crippen LogP contribution in [0.4, 0.5) is 0 Å². The average Bonchev–Trinajstić information content (AvgIpc) is 2.69. The van der Waals surface area contributed by atoms with Crippen LogP contribution in [0.3, 0.4) is 0 Å².